The molecule has 8 nitrogen and oxygen atoms in total. The van der Waals surface area contributed by atoms with Gasteiger partial charge in [0.1, 0.15) is 0 Å². The van der Waals surface area contributed by atoms with Gasteiger partial charge in [0, 0.05) is 52.7 Å². The van der Waals surface area contributed by atoms with Gasteiger partial charge in [0.05, 0.1) is 5.75 Å². The van der Waals surface area contributed by atoms with E-state index in [1.54, 1.807) is 12.4 Å². The van der Waals surface area contributed by atoms with E-state index in [9.17, 15) is 4.79 Å². The number of fused-ring (bicyclic) bond motifs is 1. The van der Waals surface area contributed by atoms with Crippen molar-refractivity contribution < 1.29 is 14.3 Å². The van der Waals surface area contributed by atoms with E-state index in [0.717, 1.165) is 58.0 Å². The highest BCUT2D eigenvalue weighted by atomic mass is 32.2. The summed E-state index contributed by atoms with van der Waals surface area (Å²) >= 11 is 1.44. The molecule has 9 heteroatoms. The van der Waals surface area contributed by atoms with E-state index in [0.29, 0.717) is 17.4 Å². The number of rotatable bonds is 7. The molecule has 4 aromatic rings. The van der Waals surface area contributed by atoms with Gasteiger partial charge in [0.2, 0.25) is 6.79 Å². The molecule has 6 rings (SSSR count). The second kappa shape index (κ2) is 8.32. The Hall–Kier alpha value is -3.59. The first kappa shape index (κ1) is 21.0. The number of ether oxygens (including phenoxy) is 2. The van der Waals surface area contributed by atoms with Crippen molar-refractivity contribution in [1.82, 2.24) is 24.3 Å². The Morgan fingerprint density at radius 1 is 1.12 bits per heavy atom. The van der Waals surface area contributed by atoms with Gasteiger partial charge in [-0.2, -0.15) is 0 Å². The number of carbonyl (C=O) groups excluding carboxylic acids is 1. The van der Waals surface area contributed by atoms with Gasteiger partial charge < -0.3 is 14.0 Å². The Morgan fingerprint density at radius 3 is 2.76 bits per heavy atom. The number of hydrogen-bond acceptors (Lipinski definition) is 7. The van der Waals surface area contributed by atoms with Crippen LogP contribution in [-0.4, -0.2) is 42.6 Å². The molecule has 0 saturated heterocycles. The molecular formula is C25H23N5O3S. The van der Waals surface area contributed by atoms with E-state index in [1.807, 2.05) is 50.2 Å². The average molecular weight is 474 g/mol. The van der Waals surface area contributed by atoms with Crippen molar-refractivity contribution in [3.05, 3.63) is 65.7 Å². The molecule has 172 valence electrons. The zero-order valence-electron chi connectivity index (χ0n) is 18.9. The SMILES string of the molecule is Cc1cc(C(=O)CSc2nnc(-c3cccnc3)n2C2CC2)c(C)n1-c1ccc2c(c1)OCO2. The molecule has 0 amide bonds. The number of carbonyl (C=O) groups is 1. The van der Waals surface area contributed by atoms with E-state index in [1.165, 1.54) is 11.8 Å². The third-order valence-electron chi connectivity index (χ3n) is 6.17. The zero-order chi connectivity index (χ0) is 23.2. The second-order valence-corrected chi connectivity index (χ2v) is 9.46. The molecule has 1 aliphatic carbocycles. The maximum atomic E-state index is 13.3. The Morgan fingerprint density at radius 2 is 1.97 bits per heavy atom. The van der Waals surface area contributed by atoms with E-state index in [-0.39, 0.29) is 12.6 Å². The number of pyridine rings is 1. The highest BCUT2D eigenvalue weighted by molar-refractivity contribution is 7.99. The summed E-state index contributed by atoms with van der Waals surface area (Å²) < 4.78 is 15.2. The van der Waals surface area contributed by atoms with Crippen LogP contribution in [-0.2, 0) is 0 Å². The van der Waals surface area contributed by atoms with Crippen molar-refractivity contribution in [2.24, 2.45) is 0 Å². The molecule has 1 saturated carbocycles. The number of thioether (sulfide) groups is 1. The zero-order valence-corrected chi connectivity index (χ0v) is 19.7. The van der Waals surface area contributed by atoms with Crippen molar-refractivity contribution >= 4 is 17.5 Å². The molecule has 1 aliphatic heterocycles. The summed E-state index contributed by atoms with van der Waals surface area (Å²) in [5.41, 5.74) is 4.49. The summed E-state index contributed by atoms with van der Waals surface area (Å²) in [5, 5.41) is 9.60. The molecule has 4 heterocycles. The third-order valence-corrected chi connectivity index (χ3v) is 7.12. The molecule has 2 aliphatic rings. The Labute approximate surface area is 200 Å². The van der Waals surface area contributed by atoms with Gasteiger partial charge in [-0.1, -0.05) is 11.8 Å². The molecule has 34 heavy (non-hydrogen) atoms. The molecule has 0 radical (unpaired) electrons. The summed E-state index contributed by atoms with van der Waals surface area (Å²) in [4.78, 5) is 17.5. The summed E-state index contributed by atoms with van der Waals surface area (Å²) in [6.07, 6.45) is 5.75. The lowest BCUT2D eigenvalue weighted by Gasteiger charge is -2.11. The van der Waals surface area contributed by atoms with Crippen molar-refractivity contribution in [3.8, 4) is 28.6 Å². The molecule has 1 fully saturated rings. The van der Waals surface area contributed by atoms with Crippen LogP contribution in [0.3, 0.4) is 0 Å². The van der Waals surface area contributed by atoms with Crippen molar-refractivity contribution in [3.63, 3.8) is 0 Å². The lowest BCUT2D eigenvalue weighted by atomic mass is 10.2. The fourth-order valence-electron chi connectivity index (χ4n) is 4.40. The maximum absolute atomic E-state index is 13.3. The first-order chi connectivity index (χ1) is 16.6. The van der Waals surface area contributed by atoms with Crippen molar-refractivity contribution in [2.75, 3.05) is 12.5 Å². The van der Waals surface area contributed by atoms with Crippen LogP contribution < -0.4 is 9.47 Å². The predicted octanol–water partition coefficient (Wildman–Crippen LogP) is 4.79. The summed E-state index contributed by atoms with van der Waals surface area (Å²) in [6.45, 7) is 4.21. The van der Waals surface area contributed by atoms with Gasteiger partial charge in [-0.15, -0.1) is 10.2 Å². The van der Waals surface area contributed by atoms with Gasteiger partial charge in [0.25, 0.3) is 0 Å². The van der Waals surface area contributed by atoms with Crippen LogP contribution in [0.5, 0.6) is 11.5 Å². The van der Waals surface area contributed by atoms with E-state index >= 15 is 0 Å². The first-order valence-corrected chi connectivity index (χ1v) is 12.2. The molecule has 1 aromatic carbocycles. The third kappa shape index (κ3) is 3.66. The largest absolute Gasteiger partial charge is 0.454 e. The van der Waals surface area contributed by atoms with Crippen LogP contribution in [0.1, 0.15) is 40.6 Å². The molecule has 0 spiro atoms. The van der Waals surface area contributed by atoms with E-state index in [4.69, 9.17) is 9.47 Å². The summed E-state index contributed by atoms with van der Waals surface area (Å²) in [6, 6.07) is 12.1. The smallest absolute Gasteiger partial charge is 0.231 e. The van der Waals surface area contributed by atoms with Crippen LogP contribution in [0.15, 0.2) is 53.9 Å². The Bertz CT molecular complexity index is 1390. The number of hydrogen-bond donors (Lipinski definition) is 0. The molecule has 0 N–H and O–H groups in total. The average Bonchev–Trinajstić information content (AvgIpc) is 3.29. The van der Waals surface area contributed by atoms with E-state index < -0.39 is 0 Å². The minimum atomic E-state index is 0.0679. The Kier molecular flexibility index (Phi) is 5.13. The van der Waals surface area contributed by atoms with Gasteiger partial charge in [-0.25, -0.2) is 0 Å². The standard InChI is InChI=1S/C25H23N5O3S/c1-15-10-20(16(2)29(15)19-7-8-22-23(11-19)33-14-32-22)21(31)13-34-25-28-27-24(30(25)18-5-6-18)17-4-3-9-26-12-17/h3-4,7-12,18H,5-6,13-14H2,1-2H3. The lowest BCUT2D eigenvalue weighted by molar-refractivity contribution is 0.102. The van der Waals surface area contributed by atoms with Gasteiger partial charge >= 0.3 is 0 Å². The van der Waals surface area contributed by atoms with Crippen LogP contribution in [0, 0.1) is 13.8 Å². The van der Waals surface area contributed by atoms with Crippen LogP contribution in [0.2, 0.25) is 0 Å². The molecule has 0 bridgehead atoms. The lowest BCUT2D eigenvalue weighted by Crippen LogP contribution is -2.07. The Balaban J connectivity index is 1.24. The van der Waals surface area contributed by atoms with Crippen LogP contribution in [0.25, 0.3) is 17.1 Å². The number of nitrogens with zero attached hydrogens (tertiary/aromatic N) is 5. The highest BCUT2D eigenvalue weighted by Crippen LogP contribution is 2.41. The minimum Gasteiger partial charge on any atom is -0.454 e. The number of ketones is 1. The minimum absolute atomic E-state index is 0.0679. The van der Waals surface area contributed by atoms with Gasteiger partial charge in [-0.05, 0) is 57.0 Å². The number of Topliss-reactive ketones (excluding diaryl/α,β-unsaturated/α-hetero) is 1. The molecule has 0 atom stereocenters. The van der Waals surface area contributed by atoms with Crippen molar-refractivity contribution in [2.45, 2.75) is 37.9 Å². The van der Waals surface area contributed by atoms with Gasteiger partial charge in [-0.3, -0.25) is 14.3 Å². The molecule has 3 aromatic heterocycles. The van der Waals surface area contributed by atoms with Crippen molar-refractivity contribution in [1.29, 1.82) is 0 Å². The summed E-state index contributed by atoms with van der Waals surface area (Å²) in [5.74, 6) is 2.63. The van der Waals surface area contributed by atoms with Crippen LogP contribution >= 0.6 is 11.8 Å². The summed E-state index contributed by atoms with van der Waals surface area (Å²) in [7, 11) is 0. The molecular weight excluding hydrogens is 450 g/mol. The number of benzene rings is 1. The predicted molar refractivity (Wildman–Crippen MR) is 128 cm³/mol. The van der Waals surface area contributed by atoms with Crippen LogP contribution in [0.4, 0.5) is 0 Å². The fraction of sp³-hybridized carbons (Fsp3) is 0.280. The first-order valence-electron chi connectivity index (χ1n) is 11.2. The fourth-order valence-corrected chi connectivity index (χ4v) is 5.29. The van der Waals surface area contributed by atoms with E-state index in [2.05, 4.69) is 24.3 Å². The number of aryl methyl sites for hydroxylation is 1. The van der Waals surface area contributed by atoms with Gasteiger partial charge in [0.15, 0.2) is 28.3 Å². The highest BCUT2D eigenvalue weighted by Gasteiger charge is 2.30. The molecule has 0 unspecified atom stereocenters. The quantitative estimate of drug-likeness (QED) is 0.282. The normalized spacial score (nSPS) is 14.5. The topological polar surface area (TPSA) is 84.1 Å². The second-order valence-electron chi connectivity index (χ2n) is 8.52. The monoisotopic (exact) mass is 473 g/mol. The maximum Gasteiger partial charge on any atom is 0.231 e. The number of aromatic nitrogens is 5.